The van der Waals surface area contributed by atoms with Crippen LogP contribution < -0.4 is 10.5 Å². The molecule has 0 fully saturated rings. The molecule has 3 nitrogen and oxygen atoms in total. The maximum atomic E-state index is 12.5. The van der Waals surface area contributed by atoms with E-state index in [1.807, 2.05) is 6.92 Å². The average Bonchev–Trinajstić information content (AvgIpc) is 2.41. The van der Waals surface area contributed by atoms with E-state index in [2.05, 4.69) is 0 Å². The first-order valence-corrected chi connectivity index (χ1v) is 6.15. The number of ketones is 1. The third kappa shape index (κ3) is 2.56. The monoisotopic (exact) mass is 275 g/mol. The van der Waals surface area contributed by atoms with Crippen molar-refractivity contribution in [2.45, 2.75) is 6.92 Å². The number of ether oxygens (including phenoxy) is 1. The maximum absolute atomic E-state index is 12.5. The fourth-order valence-corrected chi connectivity index (χ4v) is 2.01. The highest BCUT2D eigenvalue weighted by Crippen LogP contribution is 2.29. The van der Waals surface area contributed by atoms with Gasteiger partial charge in [-0.25, -0.2) is 0 Å². The topological polar surface area (TPSA) is 52.3 Å². The molecule has 0 bridgehead atoms. The van der Waals surface area contributed by atoms with Crippen molar-refractivity contribution in [1.82, 2.24) is 0 Å². The molecule has 0 spiro atoms. The Morgan fingerprint density at radius 3 is 2.53 bits per heavy atom. The van der Waals surface area contributed by atoms with Crippen LogP contribution in [-0.2, 0) is 0 Å². The fourth-order valence-electron chi connectivity index (χ4n) is 1.85. The number of methoxy groups -OCH3 is 1. The van der Waals surface area contributed by atoms with E-state index in [0.29, 0.717) is 27.6 Å². The molecule has 0 heterocycles. The van der Waals surface area contributed by atoms with Crippen molar-refractivity contribution in [2.24, 2.45) is 0 Å². The highest BCUT2D eigenvalue weighted by Gasteiger charge is 2.18. The van der Waals surface area contributed by atoms with Crippen molar-refractivity contribution >= 4 is 23.1 Å². The predicted octanol–water partition coefficient (Wildman–Crippen LogP) is 3.47. The molecule has 2 aromatic rings. The first kappa shape index (κ1) is 13.4. The number of rotatable bonds is 3. The second kappa shape index (κ2) is 5.33. The molecule has 0 saturated carbocycles. The van der Waals surface area contributed by atoms with Crippen LogP contribution in [0.1, 0.15) is 21.5 Å². The molecule has 19 heavy (non-hydrogen) atoms. The van der Waals surface area contributed by atoms with Gasteiger partial charge in [0.15, 0.2) is 5.78 Å². The molecule has 0 aromatic heterocycles. The molecule has 98 valence electrons. The Labute approximate surface area is 117 Å². The van der Waals surface area contributed by atoms with Gasteiger partial charge in [-0.2, -0.15) is 0 Å². The third-order valence-electron chi connectivity index (χ3n) is 2.93. The van der Waals surface area contributed by atoms with Crippen LogP contribution in [0.2, 0.25) is 5.02 Å². The zero-order valence-electron chi connectivity index (χ0n) is 10.7. The van der Waals surface area contributed by atoms with Crippen molar-refractivity contribution in [3.05, 3.63) is 58.1 Å². The van der Waals surface area contributed by atoms with Gasteiger partial charge in [0.1, 0.15) is 5.75 Å². The third-order valence-corrected chi connectivity index (χ3v) is 3.34. The lowest BCUT2D eigenvalue weighted by molar-refractivity contribution is 0.103. The quantitative estimate of drug-likeness (QED) is 0.689. The van der Waals surface area contributed by atoms with E-state index in [9.17, 15) is 4.79 Å². The number of nitrogens with two attached hydrogens (primary N) is 1. The van der Waals surface area contributed by atoms with Crippen molar-refractivity contribution in [2.75, 3.05) is 12.8 Å². The van der Waals surface area contributed by atoms with Gasteiger partial charge in [0.25, 0.3) is 0 Å². The van der Waals surface area contributed by atoms with E-state index in [1.54, 1.807) is 36.4 Å². The molecule has 2 rings (SSSR count). The van der Waals surface area contributed by atoms with Gasteiger partial charge in [-0.15, -0.1) is 0 Å². The predicted molar refractivity (Wildman–Crippen MR) is 77.0 cm³/mol. The van der Waals surface area contributed by atoms with Crippen LogP contribution in [-0.4, -0.2) is 12.9 Å². The van der Waals surface area contributed by atoms with Crippen LogP contribution in [0.5, 0.6) is 5.75 Å². The summed E-state index contributed by atoms with van der Waals surface area (Å²) in [5.74, 6) is 0.298. The summed E-state index contributed by atoms with van der Waals surface area (Å²) in [6.07, 6.45) is 0. The molecule has 2 N–H and O–H groups in total. The summed E-state index contributed by atoms with van der Waals surface area (Å²) in [6, 6.07) is 10.3. The Morgan fingerprint density at radius 2 is 1.89 bits per heavy atom. The summed E-state index contributed by atoms with van der Waals surface area (Å²) < 4.78 is 5.24. The standard InChI is InChI=1S/C15H14ClNO2/c1-9-7-14(19-2)11(8-12(9)16)15(18)10-5-3-4-6-13(10)17/h3-8H,17H2,1-2H3. The lowest BCUT2D eigenvalue weighted by atomic mass is 10.00. The molecule has 2 aromatic carbocycles. The molecule has 4 heteroatoms. The number of hydrogen-bond donors (Lipinski definition) is 1. The lowest BCUT2D eigenvalue weighted by Crippen LogP contribution is -2.07. The fraction of sp³-hybridized carbons (Fsp3) is 0.133. The molecule has 0 amide bonds. The highest BCUT2D eigenvalue weighted by molar-refractivity contribution is 6.32. The van der Waals surface area contributed by atoms with E-state index in [1.165, 1.54) is 7.11 Å². The molecule has 0 radical (unpaired) electrons. The summed E-state index contributed by atoms with van der Waals surface area (Å²) in [7, 11) is 1.52. The Kier molecular flexibility index (Phi) is 3.76. The van der Waals surface area contributed by atoms with Crippen LogP contribution in [0, 0.1) is 6.92 Å². The summed E-state index contributed by atoms with van der Waals surface area (Å²) >= 11 is 6.08. The smallest absolute Gasteiger partial charge is 0.198 e. The van der Waals surface area contributed by atoms with Gasteiger partial charge < -0.3 is 10.5 Å². The molecule has 0 aliphatic carbocycles. The van der Waals surface area contributed by atoms with E-state index in [-0.39, 0.29) is 5.78 Å². The van der Waals surface area contributed by atoms with E-state index >= 15 is 0 Å². The van der Waals surface area contributed by atoms with Gasteiger partial charge >= 0.3 is 0 Å². The Hall–Kier alpha value is -2.00. The molecular weight excluding hydrogens is 262 g/mol. The van der Waals surface area contributed by atoms with Crippen molar-refractivity contribution < 1.29 is 9.53 Å². The van der Waals surface area contributed by atoms with Gasteiger partial charge in [-0.05, 0) is 36.8 Å². The molecule has 0 aliphatic rings. The molecule has 0 atom stereocenters. The molecule has 0 saturated heterocycles. The van der Waals surface area contributed by atoms with E-state index in [4.69, 9.17) is 22.1 Å². The van der Waals surface area contributed by atoms with Gasteiger partial charge in [0.2, 0.25) is 0 Å². The number of anilines is 1. The Balaban J connectivity index is 2.56. The van der Waals surface area contributed by atoms with Crippen LogP contribution in [0.3, 0.4) is 0 Å². The molecule has 0 unspecified atom stereocenters. The number of benzene rings is 2. The highest BCUT2D eigenvalue weighted by atomic mass is 35.5. The minimum atomic E-state index is -0.197. The molecular formula is C15H14ClNO2. The van der Waals surface area contributed by atoms with E-state index < -0.39 is 0 Å². The number of carbonyl (C=O) groups is 1. The van der Waals surface area contributed by atoms with Crippen molar-refractivity contribution in [3.8, 4) is 5.75 Å². The molecule has 0 aliphatic heterocycles. The average molecular weight is 276 g/mol. The van der Waals surface area contributed by atoms with Gasteiger partial charge in [0.05, 0.1) is 12.7 Å². The number of para-hydroxylation sites is 1. The van der Waals surface area contributed by atoms with E-state index in [0.717, 1.165) is 5.56 Å². The number of hydrogen-bond acceptors (Lipinski definition) is 3. The second-order valence-electron chi connectivity index (χ2n) is 4.22. The minimum Gasteiger partial charge on any atom is -0.496 e. The van der Waals surface area contributed by atoms with Gasteiger partial charge in [-0.3, -0.25) is 4.79 Å². The summed E-state index contributed by atoms with van der Waals surface area (Å²) in [5, 5.41) is 0.527. The normalized spacial score (nSPS) is 10.3. The van der Waals surface area contributed by atoms with Gasteiger partial charge in [0, 0.05) is 16.3 Å². The minimum absolute atomic E-state index is 0.197. The Morgan fingerprint density at radius 1 is 1.21 bits per heavy atom. The summed E-state index contributed by atoms with van der Waals surface area (Å²) in [4.78, 5) is 12.5. The first-order chi connectivity index (χ1) is 9.04. The zero-order valence-corrected chi connectivity index (χ0v) is 11.5. The zero-order chi connectivity index (χ0) is 14.0. The Bertz CT molecular complexity index is 638. The SMILES string of the molecule is COc1cc(C)c(Cl)cc1C(=O)c1ccccc1N. The summed E-state index contributed by atoms with van der Waals surface area (Å²) in [6.45, 7) is 1.86. The number of aryl methyl sites for hydroxylation is 1. The first-order valence-electron chi connectivity index (χ1n) is 5.78. The van der Waals surface area contributed by atoms with Crippen molar-refractivity contribution in [1.29, 1.82) is 0 Å². The largest absolute Gasteiger partial charge is 0.496 e. The number of carbonyl (C=O) groups excluding carboxylic acids is 1. The lowest BCUT2D eigenvalue weighted by Gasteiger charge is -2.11. The van der Waals surface area contributed by atoms with Crippen LogP contribution in [0.25, 0.3) is 0 Å². The van der Waals surface area contributed by atoms with Crippen LogP contribution in [0.4, 0.5) is 5.69 Å². The number of nitrogen functional groups attached to an aromatic ring is 1. The van der Waals surface area contributed by atoms with Crippen molar-refractivity contribution in [3.63, 3.8) is 0 Å². The summed E-state index contributed by atoms with van der Waals surface area (Å²) in [5.41, 5.74) is 7.98. The second-order valence-corrected chi connectivity index (χ2v) is 4.63. The number of halogens is 1. The van der Waals surface area contributed by atoms with Crippen LogP contribution >= 0.6 is 11.6 Å². The van der Waals surface area contributed by atoms with Crippen LogP contribution in [0.15, 0.2) is 36.4 Å². The maximum Gasteiger partial charge on any atom is 0.198 e. The van der Waals surface area contributed by atoms with Gasteiger partial charge in [-0.1, -0.05) is 23.7 Å².